The fourth-order valence-corrected chi connectivity index (χ4v) is 0.259. The average molecular weight is 122 g/mol. The van der Waals surface area contributed by atoms with Gasteiger partial charge in [-0.05, 0) is 6.92 Å². The van der Waals surface area contributed by atoms with Crippen LogP contribution in [0.3, 0.4) is 0 Å². The molecule has 0 aromatic carbocycles. The Kier molecular flexibility index (Phi) is 3.31. The molecule has 0 aromatic heterocycles. The maximum atomic E-state index is 11.4. The summed E-state index contributed by atoms with van der Waals surface area (Å²) in [5.74, 6) is -1.44. The van der Waals surface area contributed by atoms with Gasteiger partial charge in [-0.3, -0.25) is 13.6 Å². The first-order chi connectivity index (χ1) is 3.72. The molecule has 0 radical (unpaired) electrons. The van der Waals surface area contributed by atoms with Crippen LogP contribution in [0.15, 0.2) is 0 Å². The fraction of sp³-hybridized carbons (Fsp3) is 0.800. The standard InChI is InChI=1S/C5H8F2O/c1-4(8)5(2-6)3-7/h5H,2-3H2,1H3. The van der Waals surface area contributed by atoms with Gasteiger partial charge >= 0.3 is 0 Å². The molecule has 0 bridgehead atoms. The second kappa shape index (κ2) is 3.52. The number of hydrogen-bond donors (Lipinski definition) is 0. The van der Waals surface area contributed by atoms with Crippen LogP contribution in [0, 0.1) is 5.92 Å². The molecule has 0 saturated carbocycles. The summed E-state index contributed by atoms with van der Waals surface area (Å²) < 4.78 is 22.9. The van der Waals surface area contributed by atoms with Gasteiger partial charge in [-0.2, -0.15) is 0 Å². The second-order valence-corrected chi connectivity index (χ2v) is 1.62. The van der Waals surface area contributed by atoms with Crippen LogP contribution in [-0.4, -0.2) is 19.1 Å². The van der Waals surface area contributed by atoms with Crippen molar-refractivity contribution in [1.82, 2.24) is 0 Å². The summed E-state index contributed by atoms with van der Waals surface area (Å²) in [6.07, 6.45) is 0. The van der Waals surface area contributed by atoms with E-state index in [4.69, 9.17) is 0 Å². The fourth-order valence-electron chi connectivity index (χ4n) is 0.259. The maximum Gasteiger partial charge on any atom is 0.138 e. The van der Waals surface area contributed by atoms with Gasteiger partial charge in [0.15, 0.2) is 0 Å². The predicted molar refractivity (Wildman–Crippen MR) is 26.1 cm³/mol. The average Bonchev–Trinajstić information content (AvgIpc) is 1.69. The molecule has 0 unspecified atom stereocenters. The Morgan fingerprint density at radius 2 is 1.88 bits per heavy atom. The summed E-state index contributed by atoms with van der Waals surface area (Å²) in [6, 6.07) is 0. The molecule has 0 spiro atoms. The molecule has 8 heavy (non-hydrogen) atoms. The number of hydrogen-bond acceptors (Lipinski definition) is 1. The van der Waals surface area contributed by atoms with Gasteiger partial charge in [0, 0.05) is 0 Å². The number of halogens is 2. The first kappa shape index (κ1) is 7.53. The Labute approximate surface area is 46.7 Å². The monoisotopic (exact) mass is 122 g/mol. The minimum Gasteiger partial charge on any atom is -0.300 e. The highest BCUT2D eigenvalue weighted by Gasteiger charge is 2.11. The van der Waals surface area contributed by atoms with Crippen LogP contribution >= 0.6 is 0 Å². The summed E-state index contributed by atoms with van der Waals surface area (Å²) in [6.45, 7) is -0.582. The highest BCUT2D eigenvalue weighted by Crippen LogP contribution is 1.98. The van der Waals surface area contributed by atoms with Crippen LogP contribution in [0.25, 0.3) is 0 Å². The number of carbonyl (C=O) groups excluding carboxylic acids is 1. The molecular formula is C5H8F2O. The van der Waals surface area contributed by atoms with Crippen molar-refractivity contribution in [2.75, 3.05) is 13.3 Å². The molecule has 0 rings (SSSR count). The van der Waals surface area contributed by atoms with E-state index < -0.39 is 25.1 Å². The van der Waals surface area contributed by atoms with Crippen molar-refractivity contribution in [2.24, 2.45) is 5.92 Å². The zero-order valence-electron chi connectivity index (χ0n) is 4.66. The van der Waals surface area contributed by atoms with Gasteiger partial charge in [0.2, 0.25) is 0 Å². The Morgan fingerprint density at radius 1 is 1.50 bits per heavy atom. The summed E-state index contributed by atoms with van der Waals surface area (Å²) in [5.41, 5.74) is 0. The number of ketones is 1. The third-order valence-electron chi connectivity index (χ3n) is 0.947. The van der Waals surface area contributed by atoms with E-state index in [2.05, 4.69) is 0 Å². The van der Waals surface area contributed by atoms with Crippen LogP contribution in [0.1, 0.15) is 6.92 Å². The number of Topliss-reactive ketones (excluding diaryl/α,β-unsaturated/α-hetero) is 1. The van der Waals surface area contributed by atoms with Crippen LogP contribution in [-0.2, 0) is 4.79 Å². The van der Waals surface area contributed by atoms with Gasteiger partial charge in [0.05, 0.1) is 5.92 Å². The summed E-state index contributed by atoms with van der Waals surface area (Å²) in [5, 5.41) is 0. The van der Waals surface area contributed by atoms with E-state index in [9.17, 15) is 13.6 Å². The first-order valence-corrected chi connectivity index (χ1v) is 2.34. The van der Waals surface area contributed by atoms with Gasteiger partial charge < -0.3 is 0 Å². The van der Waals surface area contributed by atoms with E-state index in [1.807, 2.05) is 0 Å². The van der Waals surface area contributed by atoms with Gasteiger partial charge in [-0.1, -0.05) is 0 Å². The largest absolute Gasteiger partial charge is 0.300 e. The van der Waals surface area contributed by atoms with Crippen molar-refractivity contribution in [2.45, 2.75) is 6.92 Å². The lowest BCUT2D eigenvalue weighted by Gasteiger charge is -1.99. The Bertz CT molecular complexity index is 78.5. The first-order valence-electron chi connectivity index (χ1n) is 2.34. The predicted octanol–water partition coefficient (Wildman–Crippen LogP) is 1.13. The Hall–Kier alpha value is -0.470. The molecule has 0 atom stereocenters. The molecule has 0 aliphatic heterocycles. The third-order valence-corrected chi connectivity index (χ3v) is 0.947. The summed E-state index contributed by atoms with van der Waals surface area (Å²) in [4.78, 5) is 10.1. The molecule has 0 aromatic rings. The minimum atomic E-state index is -1.02. The van der Waals surface area contributed by atoms with Gasteiger partial charge in [0.25, 0.3) is 0 Å². The van der Waals surface area contributed by atoms with E-state index in [1.54, 1.807) is 0 Å². The topological polar surface area (TPSA) is 17.1 Å². The van der Waals surface area contributed by atoms with E-state index in [-0.39, 0.29) is 0 Å². The van der Waals surface area contributed by atoms with Gasteiger partial charge in [-0.25, -0.2) is 0 Å². The van der Waals surface area contributed by atoms with Crippen molar-refractivity contribution in [3.05, 3.63) is 0 Å². The van der Waals surface area contributed by atoms with Crippen molar-refractivity contribution < 1.29 is 13.6 Å². The molecule has 1 nitrogen and oxygen atoms in total. The summed E-state index contributed by atoms with van der Waals surface area (Å²) >= 11 is 0. The number of alkyl halides is 2. The van der Waals surface area contributed by atoms with Gasteiger partial charge in [-0.15, -0.1) is 0 Å². The smallest absolute Gasteiger partial charge is 0.138 e. The van der Waals surface area contributed by atoms with Gasteiger partial charge in [0.1, 0.15) is 19.1 Å². The van der Waals surface area contributed by atoms with E-state index >= 15 is 0 Å². The van der Waals surface area contributed by atoms with Crippen LogP contribution in [0.5, 0.6) is 0 Å². The van der Waals surface area contributed by atoms with E-state index in [0.717, 1.165) is 0 Å². The summed E-state index contributed by atoms with van der Waals surface area (Å²) in [7, 11) is 0. The highest BCUT2D eigenvalue weighted by molar-refractivity contribution is 5.78. The third kappa shape index (κ3) is 2.00. The Balaban J connectivity index is 3.52. The minimum absolute atomic E-state index is 0.421. The van der Waals surface area contributed by atoms with E-state index in [0.29, 0.717) is 0 Å². The van der Waals surface area contributed by atoms with Crippen molar-refractivity contribution in [3.8, 4) is 0 Å². The second-order valence-electron chi connectivity index (χ2n) is 1.62. The molecule has 0 heterocycles. The maximum absolute atomic E-state index is 11.4. The van der Waals surface area contributed by atoms with Crippen molar-refractivity contribution in [3.63, 3.8) is 0 Å². The van der Waals surface area contributed by atoms with Crippen LogP contribution in [0.4, 0.5) is 8.78 Å². The zero-order chi connectivity index (χ0) is 6.57. The van der Waals surface area contributed by atoms with Crippen LogP contribution < -0.4 is 0 Å². The van der Waals surface area contributed by atoms with Crippen molar-refractivity contribution >= 4 is 5.78 Å². The Morgan fingerprint density at radius 3 is 1.88 bits per heavy atom. The zero-order valence-corrected chi connectivity index (χ0v) is 4.66. The van der Waals surface area contributed by atoms with Crippen LogP contribution in [0.2, 0.25) is 0 Å². The molecular weight excluding hydrogens is 114 g/mol. The van der Waals surface area contributed by atoms with E-state index in [1.165, 1.54) is 6.92 Å². The molecule has 0 N–H and O–H groups in total. The molecule has 0 aliphatic rings. The molecule has 0 amide bonds. The number of rotatable bonds is 3. The lowest BCUT2D eigenvalue weighted by Crippen LogP contribution is -2.14. The van der Waals surface area contributed by atoms with Crippen molar-refractivity contribution in [1.29, 1.82) is 0 Å². The number of carbonyl (C=O) groups is 1. The normalized spacial score (nSPS) is 10.0. The molecule has 48 valence electrons. The SMILES string of the molecule is CC(=O)C(CF)CF. The highest BCUT2D eigenvalue weighted by atomic mass is 19.1. The lowest BCUT2D eigenvalue weighted by molar-refractivity contribution is -0.121. The lowest BCUT2D eigenvalue weighted by atomic mass is 10.1. The molecule has 0 fully saturated rings. The quantitative estimate of drug-likeness (QED) is 0.548. The molecule has 0 aliphatic carbocycles. The molecule has 3 heteroatoms. The molecule has 0 saturated heterocycles.